The molecule has 0 saturated heterocycles. The average molecular weight is 318 g/mol. The van der Waals surface area contributed by atoms with E-state index in [1.54, 1.807) is 0 Å². The summed E-state index contributed by atoms with van der Waals surface area (Å²) in [5.74, 6) is 0. The first-order valence-corrected chi connectivity index (χ1v) is 10.1. The Labute approximate surface area is 139 Å². The Kier molecular flexibility index (Phi) is 5.06. The molecule has 0 aliphatic rings. The van der Waals surface area contributed by atoms with Gasteiger partial charge in [0.1, 0.15) is 0 Å². The van der Waals surface area contributed by atoms with Crippen molar-refractivity contribution in [3.63, 3.8) is 0 Å². The van der Waals surface area contributed by atoms with E-state index in [1.165, 1.54) is 15.6 Å². The van der Waals surface area contributed by atoms with Gasteiger partial charge in [0, 0.05) is 6.61 Å². The third kappa shape index (κ3) is 3.14. The highest BCUT2D eigenvalue weighted by Gasteiger charge is 2.41. The molecule has 0 aliphatic heterocycles. The molecule has 0 saturated carbocycles. The highest BCUT2D eigenvalue weighted by molar-refractivity contribution is 7.07. The van der Waals surface area contributed by atoms with E-state index in [0.29, 0.717) is 0 Å². The van der Waals surface area contributed by atoms with Gasteiger partial charge in [0.25, 0.3) is 8.32 Å². The standard InChI is InChI=1S/C21H22OSi/c1-2-18-22-23(19-12-6-3-7-13-19,20-14-8-4-9-15-20)21-16-10-5-11-17-21/h3-17H,2,18H2,1H3. The van der Waals surface area contributed by atoms with Crippen molar-refractivity contribution < 1.29 is 4.43 Å². The summed E-state index contributed by atoms with van der Waals surface area (Å²) in [6, 6.07) is 32.1. The van der Waals surface area contributed by atoms with Crippen LogP contribution in [0.5, 0.6) is 0 Å². The third-order valence-corrected chi connectivity index (χ3v) is 8.14. The van der Waals surface area contributed by atoms with E-state index in [2.05, 4.69) is 97.9 Å². The molecule has 0 bridgehead atoms. The summed E-state index contributed by atoms with van der Waals surface area (Å²) in [4.78, 5) is 0. The van der Waals surface area contributed by atoms with Crippen LogP contribution in [0.2, 0.25) is 0 Å². The molecule has 2 heteroatoms. The lowest BCUT2D eigenvalue weighted by Crippen LogP contribution is -2.69. The molecule has 0 N–H and O–H groups in total. The molecule has 3 aromatic carbocycles. The number of hydrogen-bond acceptors (Lipinski definition) is 1. The summed E-state index contributed by atoms with van der Waals surface area (Å²) in [7, 11) is -2.44. The second kappa shape index (κ2) is 7.40. The lowest BCUT2D eigenvalue weighted by atomic mass is 10.3. The van der Waals surface area contributed by atoms with Gasteiger partial charge in [-0.1, -0.05) is 97.9 Å². The van der Waals surface area contributed by atoms with Crippen molar-refractivity contribution in [3.05, 3.63) is 91.0 Å². The maximum Gasteiger partial charge on any atom is 0.288 e. The molecule has 0 aliphatic carbocycles. The Morgan fingerprint density at radius 3 is 1.26 bits per heavy atom. The van der Waals surface area contributed by atoms with E-state index in [4.69, 9.17) is 4.43 Å². The quantitative estimate of drug-likeness (QED) is 0.501. The number of hydrogen-bond donors (Lipinski definition) is 0. The summed E-state index contributed by atoms with van der Waals surface area (Å²) in [6.07, 6.45) is 1.02. The van der Waals surface area contributed by atoms with Crippen molar-refractivity contribution >= 4 is 23.9 Å². The summed E-state index contributed by atoms with van der Waals surface area (Å²) in [5.41, 5.74) is 0. The molecule has 0 heterocycles. The van der Waals surface area contributed by atoms with Gasteiger partial charge >= 0.3 is 0 Å². The number of rotatable bonds is 6. The predicted molar refractivity (Wildman–Crippen MR) is 100 cm³/mol. The van der Waals surface area contributed by atoms with Gasteiger partial charge in [-0.05, 0) is 22.0 Å². The molecule has 0 spiro atoms. The molecule has 1 nitrogen and oxygen atoms in total. The zero-order valence-corrected chi connectivity index (χ0v) is 14.5. The van der Waals surface area contributed by atoms with Crippen LogP contribution in [-0.2, 0) is 4.43 Å². The van der Waals surface area contributed by atoms with Gasteiger partial charge in [-0.2, -0.15) is 0 Å². The van der Waals surface area contributed by atoms with Crippen LogP contribution in [0, 0.1) is 0 Å². The second-order valence-electron chi connectivity index (χ2n) is 5.63. The Bertz CT molecular complexity index is 614. The summed E-state index contributed by atoms with van der Waals surface area (Å²) >= 11 is 0. The van der Waals surface area contributed by atoms with E-state index < -0.39 is 8.32 Å². The van der Waals surface area contributed by atoms with E-state index in [1.807, 2.05) is 0 Å². The van der Waals surface area contributed by atoms with Crippen LogP contribution in [0.3, 0.4) is 0 Å². The van der Waals surface area contributed by atoms with Crippen molar-refractivity contribution in [1.82, 2.24) is 0 Å². The SMILES string of the molecule is CCCO[Si](c1ccccc1)(c1ccccc1)c1ccccc1. The van der Waals surface area contributed by atoms with Crippen LogP contribution in [0.25, 0.3) is 0 Å². The van der Waals surface area contributed by atoms with E-state index in [0.717, 1.165) is 13.0 Å². The minimum absolute atomic E-state index is 0.769. The van der Waals surface area contributed by atoms with Crippen LogP contribution in [0.15, 0.2) is 91.0 Å². The topological polar surface area (TPSA) is 9.23 Å². The van der Waals surface area contributed by atoms with Gasteiger partial charge in [0.15, 0.2) is 0 Å². The third-order valence-electron chi connectivity index (χ3n) is 4.06. The van der Waals surface area contributed by atoms with Gasteiger partial charge in [-0.15, -0.1) is 0 Å². The zero-order valence-electron chi connectivity index (χ0n) is 13.5. The monoisotopic (exact) mass is 318 g/mol. The minimum atomic E-state index is -2.44. The van der Waals surface area contributed by atoms with Crippen LogP contribution < -0.4 is 15.6 Å². The van der Waals surface area contributed by atoms with Crippen LogP contribution in [-0.4, -0.2) is 14.9 Å². The van der Waals surface area contributed by atoms with E-state index in [9.17, 15) is 0 Å². The Hall–Kier alpha value is -2.16. The minimum Gasteiger partial charge on any atom is -0.404 e. The summed E-state index contributed by atoms with van der Waals surface area (Å²) < 4.78 is 6.68. The molecular formula is C21H22OSi. The van der Waals surface area contributed by atoms with Crippen LogP contribution >= 0.6 is 0 Å². The van der Waals surface area contributed by atoms with Crippen LogP contribution in [0.1, 0.15) is 13.3 Å². The summed E-state index contributed by atoms with van der Waals surface area (Å²) in [5, 5.41) is 3.89. The normalized spacial score (nSPS) is 11.3. The van der Waals surface area contributed by atoms with Crippen molar-refractivity contribution in [2.75, 3.05) is 6.61 Å². The smallest absolute Gasteiger partial charge is 0.288 e. The van der Waals surface area contributed by atoms with Crippen molar-refractivity contribution in [2.45, 2.75) is 13.3 Å². The first-order valence-electron chi connectivity index (χ1n) is 8.18. The van der Waals surface area contributed by atoms with Crippen molar-refractivity contribution in [2.24, 2.45) is 0 Å². The highest BCUT2D eigenvalue weighted by Crippen LogP contribution is 2.10. The molecule has 0 aromatic heterocycles. The van der Waals surface area contributed by atoms with Crippen LogP contribution in [0.4, 0.5) is 0 Å². The maximum atomic E-state index is 6.68. The Morgan fingerprint density at radius 2 is 0.957 bits per heavy atom. The van der Waals surface area contributed by atoms with Crippen molar-refractivity contribution in [1.29, 1.82) is 0 Å². The van der Waals surface area contributed by atoms with Gasteiger partial charge in [-0.25, -0.2) is 0 Å². The second-order valence-corrected chi connectivity index (χ2v) is 9.01. The Morgan fingerprint density at radius 1 is 0.609 bits per heavy atom. The largest absolute Gasteiger partial charge is 0.404 e. The predicted octanol–water partition coefficient (Wildman–Crippen LogP) is 3.08. The molecule has 3 aromatic rings. The first-order chi connectivity index (χ1) is 11.4. The molecule has 3 rings (SSSR count). The molecule has 116 valence electrons. The zero-order chi connectivity index (χ0) is 16.0. The first kappa shape index (κ1) is 15.7. The molecule has 0 fully saturated rings. The lowest BCUT2D eigenvalue weighted by molar-refractivity contribution is 0.323. The fourth-order valence-electron chi connectivity index (χ4n) is 3.02. The van der Waals surface area contributed by atoms with Gasteiger partial charge in [0.05, 0.1) is 0 Å². The number of benzene rings is 3. The molecule has 0 unspecified atom stereocenters. The fourth-order valence-corrected chi connectivity index (χ4v) is 7.02. The molecular weight excluding hydrogens is 296 g/mol. The van der Waals surface area contributed by atoms with Gasteiger partial charge in [0.2, 0.25) is 0 Å². The molecule has 0 radical (unpaired) electrons. The lowest BCUT2D eigenvalue weighted by Gasteiger charge is -2.33. The van der Waals surface area contributed by atoms with Gasteiger partial charge < -0.3 is 4.43 Å². The Balaban J connectivity index is 2.25. The van der Waals surface area contributed by atoms with E-state index >= 15 is 0 Å². The highest BCUT2D eigenvalue weighted by atomic mass is 28.4. The van der Waals surface area contributed by atoms with Crippen molar-refractivity contribution in [3.8, 4) is 0 Å². The van der Waals surface area contributed by atoms with E-state index in [-0.39, 0.29) is 0 Å². The molecule has 0 atom stereocenters. The average Bonchev–Trinajstić information content (AvgIpc) is 2.65. The van der Waals surface area contributed by atoms with Gasteiger partial charge in [-0.3, -0.25) is 0 Å². The fraction of sp³-hybridized carbons (Fsp3) is 0.143. The maximum absolute atomic E-state index is 6.68. The molecule has 0 amide bonds. The summed E-state index contributed by atoms with van der Waals surface area (Å²) in [6.45, 7) is 2.94. The molecule has 23 heavy (non-hydrogen) atoms.